The van der Waals surface area contributed by atoms with Crippen molar-refractivity contribution < 1.29 is 14.6 Å². The molecule has 0 aliphatic rings. The highest BCUT2D eigenvalue weighted by Gasteiger charge is 1.99. The Hall–Kier alpha value is -3.02. The lowest BCUT2D eigenvalue weighted by atomic mass is 10.2. The largest absolute Gasteiger partial charge is 0.508 e. The van der Waals surface area contributed by atoms with Crippen molar-refractivity contribution in [1.82, 2.24) is 5.43 Å². The molecular weight excluding hydrogens is 282 g/mol. The van der Waals surface area contributed by atoms with E-state index in [1.807, 2.05) is 24.3 Å². The van der Waals surface area contributed by atoms with Crippen molar-refractivity contribution in [3.8, 4) is 11.5 Å². The fourth-order valence-corrected chi connectivity index (χ4v) is 1.67. The number of ether oxygens (including phenoxy) is 1. The molecule has 0 heterocycles. The number of hydrazone groups is 1. The number of carbonyl (C=O) groups excluding carboxylic acids is 1. The fourth-order valence-electron chi connectivity index (χ4n) is 1.67. The van der Waals surface area contributed by atoms with Crippen molar-refractivity contribution in [1.29, 1.82) is 0 Å². The monoisotopic (exact) mass is 299 g/mol. The van der Waals surface area contributed by atoms with Gasteiger partial charge in [0.1, 0.15) is 11.5 Å². The summed E-state index contributed by atoms with van der Waals surface area (Å²) >= 11 is 0. The average Bonchev–Trinajstić information content (AvgIpc) is 2.55. The Bertz CT molecular complexity index is 637. The van der Waals surface area contributed by atoms with Crippen molar-refractivity contribution in [2.45, 2.75) is 0 Å². The molecule has 22 heavy (non-hydrogen) atoms. The highest BCUT2D eigenvalue weighted by atomic mass is 16.5. The highest BCUT2D eigenvalue weighted by Crippen LogP contribution is 2.14. The second kappa shape index (κ2) is 7.68. The Morgan fingerprint density at radius 2 is 1.86 bits per heavy atom. The van der Waals surface area contributed by atoms with Gasteiger partial charge in [-0.25, -0.2) is 5.43 Å². The van der Waals surface area contributed by atoms with Gasteiger partial charge in [0, 0.05) is 5.69 Å². The molecule has 0 atom stereocenters. The molecule has 0 saturated carbocycles. The quantitative estimate of drug-likeness (QED) is 0.562. The van der Waals surface area contributed by atoms with Gasteiger partial charge in [-0.3, -0.25) is 4.79 Å². The van der Waals surface area contributed by atoms with Gasteiger partial charge < -0.3 is 15.2 Å². The number of hydrogen-bond donors (Lipinski definition) is 3. The van der Waals surface area contributed by atoms with Crippen LogP contribution in [0.5, 0.6) is 11.5 Å². The van der Waals surface area contributed by atoms with Crippen LogP contribution in [0.25, 0.3) is 0 Å². The van der Waals surface area contributed by atoms with E-state index in [2.05, 4.69) is 15.8 Å². The zero-order valence-corrected chi connectivity index (χ0v) is 12.1. The van der Waals surface area contributed by atoms with Crippen LogP contribution in [0.2, 0.25) is 0 Å². The van der Waals surface area contributed by atoms with Crippen molar-refractivity contribution in [2.75, 3.05) is 19.0 Å². The molecule has 0 aliphatic carbocycles. The fraction of sp³-hybridized carbons (Fsp3) is 0.125. The molecule has 0 spiro atoms. The molecule has 6 nitrogen and oxygen atoms in total. The number of carbonyl (C=O) groups is 1. The molecule has 2 rings (SSSR count). The number of anilines is 1. The van der Waals surface area contributed by atoms with Crippen molar-refractivity contribution in [3.63, 3.8) is 0 Å². The first-order valence-corrected chi connectivity index (χ1v) is 6.66. The van der Waals surface area contributed by atoms with E-state index in [1.54, 1.807) is 31.4 Å². The molecule has 0 radical (unpaired) electrons. The third-order valence-electron chi connectivity index (χ3n) is 2.84. The molecule has 0 fully saturated rings. The Labute approximate surface area is 128 Å². The first-order chi connectivity index (χ1) is 10.7. The van der Waals surface area contributed by atoms with Crippen LogP contribution < -0.4 is 15.5 Å². The summed E-state index contributed by atoms with van der Waals surface area (Å²) < 4.78 is 5.06. The van der Waals surface area contributed by atoms with E-state index in [0.29, 0.717) is 0 Å². The summed E-state index contributed by atoms with van der Waals surface area (Å²) in [5.41, 5.74) is 4.02. The molecule has 0 bridgehead atoms. The number of amides is 1. The summed E-state index contributed by atoms with van der Waals surface area (Å²) in [6.45, 7) is 0.110. The Balaban J connectivity index is 1.76. The number of aromatic hydroxyl groups is 1. The van der Waals surface area contributed by atoms with Gasteiger partial charge in [-0.2, -0.15) is 5.10 Å². The van der Waals surface area contributed by atoms with Crippen LogP contribution in [0, 0.1) is 0 Å². The van der Waals surface area contributed by atoms with Gasteiger partial charge in [-0.15, -0.1) is 0 Å². The van der Waals surface area contributed by atoms with E-state index in [9.17, 15) is 4.79 Å². The molecule has 2 aromatic rings. The number of nitrogens with one attached hydrogen (secondary N) is 2. The maximum Gasteiger partial charge on any atom is 0.259 e. The lowest BCUT2D eigenvalue weighted by Crippen LogP contribution is -2.25. The van der Waals surface area contributed by atoms with Crippen LogP contribution in [-0.2, 0) is 4.79 Å². The first-order valence-electron chi connectivity index (χ1n) is 6.66. The predicted octanol–water partition coefficient (Wildman–Crippen LogP) is 1.96. The lowest BCUT2D eigenvalue weighted by molar-refractivity contribution is -0.119. The van der Waals surface area contributed by atoms with Crippen LogP contribution >= 0.6 is 0 Å². The standard InChI is InChI=1S/C16H17N3O3/c1-22-15-8-4-13(5-9-15)17-11-16(21)19-18-10-12-2-6-14(20)7-3-12/h2-10,17,20H,11H2,1H3,(H,19,21). The maximum absolute atomic E-state index is 11.6. The zero-order valence-electron chi connectivity index (χ0n) is 12.1. The van der Waals surface area contributed by atoms with Gasteiger partial charge in [0.15, 0.2) is 0 Å². The van der Waals surface area contributed by atoms with Crippen molar-refractivity contribution >= 4 is 17.8 Å². The summed E-state index contributed by atoms with van der Waals surface area (Å²) in [4.78, 5) is 11.6. The van der Waals surface area contributed by atoms with E-state index in [-0.39, 0.29) is 18.2 Å². The van der Waals surface area contributed by atoms with Crippen molar-refractivity contribution in [2.24, 2.45) is 5.10 Å². The number of rotatable bonds is 6. The minimum atomic E-state index is -0.258. The molecule has 0 aliphatic heterocycles. The van der Waals surface area contributed by atoms with E-state index in [1.165, 1.54) is 6.21 Å². The van der Waals surface area contributed by atoms with Gasteiger partial charge in [-0.05, 0) is 54.1 Å². The highest BCUT2D eigenvalue weighted by molar-refractivity contribution is 5.84. The number of methoxy groups -OCH3 is 1. The molecule has 0 aromatic heterocycles. The van der Waals surface area contributed by atoms with Gasteiger partial charge in [0.25, 0.3) is 5.91 Å². The molecule has 3 N–H and O–H groups in total. The van der Waals surface area contributed by atoms with Crippen LogP contribution in [0.15, 0.2) is 53.6 Å². The Morgan fingerprint density at radius 3 is 2.50 bits per heavy atom. The van der Waals surface area contributed by atoms with E-state index < -0.39 is 0 Å². The molecule has 0 saturated heterocycles. The Kier molecular flexibility index (Phi) is 5.37. The number of hydrogen-bond acceptors (Lipinski definition) is 5. The minimum Gasteiger partial charge on any atom is -0.508 e. The van der Waals surface area contributed by atoms with Crippen LogP contribution in [0.1, 0.15) is 5.56 Å². The lowest BCUT2D eigenvalue weighted by Gasteiger charge is -2.06. The summed E-state index contributed by atoms with van der Waals surface area (Å²) in [7, 11) is 1.60. The topological polar surface area (TPSA) is 83.0 Å². The first kappa shape index (κ1) is 15.4. The molecular formula is C16H17N3O3. The van der Waals surface area contributed by atoms with E-state index in [0.717, 1.165) is 17.0 Å². The van der Waals surface area contributed by atoms with Gasteiger partial charge in [0.05, 0.1) is 19.9 Å². The minimum absolute atomic E-state index is 0.110. The predicted molar refractivity (Wildman–Crippen MR) is 85.3 cm³/mol. The summed E-state index contributed by atoms with van der Waals surface area (Å²) in [5, 5.41) is 16.0. The third-order valence-corrected chi connectivity index (χ3v) is 2.84. The van der Waals surface area contributed by atoms with Crippen molar-refractivity contribution in [3.05, 3.63) is 54.1 Å². The van der Waals surface area contributed by atoms with Crippen LogP contribution in [-0.4, -0.2) is 30.9 Å². The summed E-state index contributed by atoms with van der Waals surface area (Å²) in [6, 6.07) is 13.8. The molecule has 1 amide bonds. The smallest absolute Gasteiger partial charge is 0.259 e. The molecule has 114 valence electrons. The average molecular weight is 299 g/mol. The summed E-state index contributed by atoms with van der Waals surface area (Å²) in [6.07, 6.45) is 1.50. The van der Waals surface area contributed by atoms with E-state index in [4.69, 9.17) is 9.84 Å². The number of benzene rings is 2. The number of phenolic OH excluding ortho intramolecular Hbond substituents is 1. The van der Waals surface area contributed by atoms with Crippen LogP contribution in [0.4, 0.5) is 5.69 Å². The van der Waals surface area contributed by atoms with E-state index >= 15 is 0 Å². The molecule has 0 unspecified atom stereocenters. The summed E-state index contributed by atoms with van der Waals surface area (Å²) in [5.74, 6) is 0.684. The van der Waals surface area contributed by atoms with Gasteiger partial charge >= 0.3 is 0 Å². The maximum atomic E-state index is 11.6. The Morgan fingerprint density at radius 1 is 1.18 bits per heavy atom. The molecule has 2 aromatic carbocycles. The SMILES string of the molecule is COc1ccc(NCC(=O)NN=Cc2ccc(O)cc2)cc1. The van der Waals surface area contributed by atoms with Gasteiger partial charge in [-0.1, -0.05) is 0 Å². The second-order valence-corrected chi connectivity index (χ2v) is 4.47. The number of phenols is 1. The number of nitrogens with zero attached hydrogens (tertiary/aromatic N) is 1. The third kappa shape index (κ3) is 4.82. The normalized spacial score (nSPS) is 10.4. The molecule has 6 heteroatoms. The second-order valence-electron chi connectivity index (χ2n) is 4.47. The van der Waals surface area contributed by atoms with Gasteiger partial charge in [0.2, 0.25) is 0 Å². The van der Waals surface area contributed by atoms with Crippen LogP contribution in [0.3, 0.4) is 0 Å². The zero-order chi connectivity index (χ0) is 15.8.